The molecule has 2 saturated heterocycles. The van der Waals surface area contributed by atoms with E-state index < -0.39 is 89.8 Å². The summed E-state index contributed by atoms with van der Waals surface area (Å²) in [5.74, 6) is -4.91. The minimum absolute atomic E-state index is 0.00567. The Hall–Kier alpha value is -6.89. The van der Waals surface area contributed by atoms with Crippen molar-refractivity contribution < 1.29 is 57.4 Å². The van der Waals surface area contributed by atoms with Crippen LogP contribution in [0.25, 0.3) is 10.4 Å². The second kappa shape index (κ2) is 38.0. The maximum Gasteiger partial charge on any atom is 0.312 e. The Bertz CT molecular complexity index is 2550. The van der Waals surface area contributed by atoms with Crippen LogP contribution in [0.4, 0.5) is 10.5 Å². The van der Waals surface area contributed by atoms with Gasteiger partial charge in [0.15, 0.2) is 5.78 Å². The number of nitrogens with one attached hydrogen (secondary N) is 6. The summed E-state index contributed by atoms with van der Waals surface area (Å²) in [5.41, 5.74) is 15.7. The molecule has 0 spiro atoms. The Morgan fingerprint density at radius 1 is 0.787 bits per heavy atom. The first-order valence-corrected chi connectivity index (χ1v) is 31.7. The molecular formula is C63H106N14O12. The number of ketones is 1. The molecule has 2 fully saturated rings. The third kappa shape index (κ3) is 23.5. The molecule has 0 radical (unpaired) electrons. The van der Waals surface area contributed by atoms with Crippen LogP contribution in [0.5, 0.6) is 0 Å². The molecule has 0 bridgehead atoms. The van der Waals surface area contributed by atoms with Crippen molar-refractivity contribution in [1.82, 2.24) is 46.2 Å². The van der Waals surface area contributed by atoms with Gasteiger partial charge in [0.05, 0.1) is 42.7 Å². The highest BCUT2D eigenvalue weighted by Gasteiger charge is 2.44. The lowest BCUT2D eigenvalue weighted by molar-refractivity contribution is -0.149. The number of nitrogens with two attached hydrogens (primary N) is 1. The van der Waals surface area contributed by atoms with E-state index in [4.69, 9.17) is 15.2 Å². The number of rotatable bonds is 37. The van der Waals surface area contributed by atoms with Crippen LogP contribution in [0.2, 0.25) is 0 Å². The molecule has 10 amide bonds. The molecule has 11 atom stereocenters. The number of carbonyl (C=O) groups is 10. The maximum atomic E-state index is 14.5. The highest BCUT2D eigenvalue weighted by Crippen LogP contribution is 2.32. The summed E-state index contributed by atoms with van der Waals surface area (Å²) in [6, 6.07) is 1.79. The average molecular weight is 1250 g/mol. The number of likely N-dealkylation sites (tertiary alicyclic amines) is 2. The van der Waals surface area contributed by atoms with Gasteiger partial charge >= 0.3 is 6.03 Å². The summed E-state index contributed by atoms with van der Waals surface area (Å²) in [4.78, 5) is 144. The van der Waals surface area contributed by atoms with E-state index in [1.54, 1.807) is 73.8 Å². The number of hydrogen-bond donors (Lipinski definition) is 7. The van der Waals surface area contributed by atoms with E-state index in [-0.39, 0.29) is 117 Å². The van der Waals surface area contributed by atoms with Gasteiger partial charge in [-0.2, -0.15) is 0 Å². The van der Waals surface area contributed by atoms with Crippen LogP contribution < -0.4 is 37.6 Å². The number of likely N-dealkylation sites (N-methyl/N-ethyl adjacent to an activating group) is 2. The first kappa shape index (κ1) is 76.4. The number of methoxy groups -OCH3 is 2. The molecule has 1 unspecified atom stereocenters. The minimum Gasteiger partial charge on any atom is -0.379 e. The molecule has 0 saturated carbocycles. The average Bonchev–Trinajstić information content (AvgIpc) is 2.15. The van der Waals surface area contributed by atoms with Crippen LogP contribution in [0.1, 0.15) is 139 Å². The topological polar surface area (TPSA) is 349 Å². The molecule has 0 aliphatic carbocycles. The fraction of sp³-hybridized carbons (Fsp3) is 0.746. The quantitative estimate of drug-likeness (QED) is 0.0209. The number of azide groups is 1. The van der Waals surface area contributed by atoms with E-state index in [9.17, 15) is 53.5 Å². The molecule has 1 aromatic rings. The van der Waals surface area contributed by atoms with Gasteiger partial charge in [-0.3, -0.25) is 48.1 Å². The van der Waals surface area contributed by atoms with Gasteiger partial charge in [0.1, 0.15) is 12.1 Å². The van der Waals surface area contributed by atoms with E-state index in [0.717, 1.165) is 0 Å². The van der Waals surface area contributed by atoms with Crippen molar-refractivity contribution >= 4 is 64.8 Å². The zero-order valence-corrected chi connectivity index (χ0v) is 55.6. The second-order valence-electron chi connectivity index (χ2n) is 25.3. The van der Waals surface area contributed by atoms with Gasteiger partial charge in [0, 0.05) is 109 Å². The number of Topliss-reactive ketones (excluding diaryl/α,β-unsaturated/α-hetero) is 1. The van der Waals surface area contributed by atoms with Crippen LogP contribution in [0, 0.1) is 41.4 Å². The molecule has 26 nitrogen and oxygen atoms in total. The highest BCUT2D eigenvalue weighted by molar-refractivity contribution is 5.98. The lowest BCUT2D eigenvalue weighted by atomic mass is 9.83. The molecular weight excluding hydrogens is 1140 g/mol. The zero-order chi connectivity index (χ0) is 66.8. The predicted molar refractivity (Wildman–Crippen MR) is 339 cm³/mol. The number of amides is 10. The standard InChI is InChI=1S/C63H106N14O12/c1-16-40(8)56(75(13)62(86)46(37(2)3)34-49(78)55(39(6)7)74(11)12)50(88-14)35-53(81)77-30-18-20-48(77)57(89-15)41(9)58(82)70-45(36-68-73-65)33-42-21-23-44(24-22-42)69-60(84)47(19-17-29-67-63(64)87)71-61(85)54(38(4)5)72-51(79)25-26-52(80)76-31-27-43(28-32-76)59(83)66-10/h21-24,37-41,43,45-48,50,54-57H,16-20,25-36H2,1-15H3,(H,66,83)(H,69,84)(H,70,82)(H,71,85)(H,72,79)(H3,64,67,87)/t40-,41+,45-,46?,47-,48-,50+,54-,55-,56-,57+/m0/s1. The third-order valence-electron chi connectivity index (χ3n) is 17.6. The van der Waals surface area contributed by atoms with E-state index >= 15 is 0 Å². The fourth-order valence-electron chi connectivity index (χ4n) is 12.4. The van der Waals surface area contributed by atoms with E-state index in [0.29, 0.717) is 63.0 Å². The molecule has 2 heterocycles. The monoisotopic (exact) mass is 1250 g/mol. The zero-order valence-electron chi connectivity index (χ0n) is 55.6. The van der Waals surface area contributed by atoms with Crippen LogP contribution in [0.3, 0.4) is 0 Å². The Balaban J connectivity index is 1.72. The molecule has 0 aromatic heterocycles. The van der Waals surface area contributed by atoms with Crippen molar-refractivity contribution in [1.29, 1.82) is 0 Å². The van der Waals surface area contributed by atoms with E-state index in [2.05, 4.69) is 41.9 Å². The van der Waals surface area contributed by atoms with Crippen LogP contribution >= 0.6 is 0 Å². The lowest BCUT2D eigenvalue weighted by Crippen LogP contribution is -2.54. The van der Waals surface area contributed by atoms with Crippen molar-refractivity contribution in [2.45, 2.75) is 188 Å². The van der Waals surface area contributed by atoms with Crippen molar-refractivity contribution in [3.05, 3.63) is 40.3 Å². The first-order chi connectivity index (χ1) is 42.0. The number of anilines is 1. The molecule has 1 aromatic carbocycles. The van der Waals surface area contributed by atoms with Gasteiger partial charge in [-0.25, -0.2) is 4.79 Å². The van der Waals surface area contributed by atoms with Gasteiger partial charge in [0.25, 0.3) is 0 Å². The van der Waals surface area contributed by atoms with Crippen LogP contribution in [-0.4, -0.2) is 202 Å². The van der Waals surface area contributed by atoms with Crippen molar-refractivity contribution in [3.8, 4) is 0 Å². The molecule has 89 heavy (non-hydrogen) atoms. The fourth-order valence-corrected chi connectivity index (χ4v) is 12.4. The predicted octanol–water partition coefficient (Wildman–Crippen LogP) is 4.54. The number of ether oxygens (including phenoxy) is 2. The lowest BCUT2D eigenvalue weighted by Gasteiger charge is -2.41. The first-order valence-electron chi connectivity index (χ1n) is 31.7. The summed E-state index contributed by atoms with van der Waals surface area (Å²) < 4.78 is 12.1. The molecule has 8 N–H and O–H groups in total. The SMILES string of the molecule is CC[C@H](C)[C@@H]([C@@H](CC(=O)N1CCC[C@H]1[C@H](OC)[C@@H](C)C(=O)N[C@H](CN=[N+]=[N-])Cc1ccc(NC(=O)[C@H](CCCNC(N)=O)NC(=O)[C@@H](NC(=O)CCC(=O)N2CCC(C(=O)NC)CC2)C(C)C)cc1)OC)N(C)C(=O)C(CC(=O)[C@H](C(C)C)N(C)C)C(C)C. The van der Waals surface area contributed by atoms with Crippen LogP contribution in [0.15, 0.2) is 29.4 Å². The Morgan fingerprint density at radius 2 is 1.44 bits per heavy atom. The smallest absolute Gasteiger partial charge is 0.312 e. The Morgan fingerprint density at radius 3 is 1.98 bits per heavy atom. The van der Waals surface area contributed by atoms with E-state index in [1.165, 1.54) is 14.2 Å². The molecule has 2 aliphatic rings. The van der Waals surface area contributed by atoms with Gasteiger partial charge < -0.3 is 61.8 Å². The maximum absolute atomic E-state index is 14.5. The summed E-state index contributed by atoms with van der Waals surface area (Å²) >= 11 is 0. The number of carbonyl (C=O) groups excluding carboxylic acids is 10. The summed E-state index contributed by atoms with van der Waals surface area (Å²) in [5, 5.41) is 20.2. The summed E-state index contributed by atoms with van der Waals surface area (Å²) in [7, 11) is 10.1. The third-order valence-corrected chi connectivity index (χ3v) is 17.6. The summed E-state index contributed by atoms with van der Waals surface area (Å²) in [6.07, 6.45) is 1.87. The Labute approximate surface area is 527 Å². The molecule has 3 rings (SSSR count). The highest BCUT2D eigenvalue weighted by atomic mass is 16.5. The number of primary amides is 1. The van der Waals surface area contributed by atoms with Crippen molar-refractivity contribution in [3.63, 3.8) is 0 Å². The molecule has 2 aliphatic heterocycles. The van der Waals surface area contributed by atoms with E-state index in [1.807, 2.05) is 60.5 Å². The second-order valence-corrected chi connectivity index (χ2v) is 25.3. The molecule has 500 valence electrons. The number of hydrogen-bond acceptors (Lipinski definition) is 14. The van der Waals surface area contributed by atoms with Gasteiger partial charge in [0.2, 0.25) is 47.3 Å². The van der Waals surface area contributed by atoms with Crippen molar-refractivity contribution in [2.24, 2.45) is 52.3 Å². The number of piperidine rings is 1. The van der Waals surface area contributed by atoms with Crippen molar-refractivity contribution in [2.75, 3.05) is 80.5 Å². The summed E-state index contributed by atoms with van der Waals surface area (Å²) in [6.45, 7) is 18.4. The number of urea groups is 1. The molecule has 26 heteroatoms. The number of nitrogens with zero attached hydrogens (tertiary/aromatic N) is 7. The Kier molecular flexibility index (Phi) is 32.6. The number of benzene rings is 1. The normalized spacial score (nSPS) is 17.9. The van der Waals surface area contributed by atoms with Gasteiger partial charge in [-0.1, -0.05) is 86.0 Å². The minimum atomic E-state index is -1.13. The van der Waals surface area contributed by atoms with Gasteiger partial charge in [-0.05, 0) is 106 Å². The largest absolute Gasteiger partial charge is 0.379 e. The van der Waals surface area contributed by atoms with Gasteiger partial charge in [-0.15, -0.1) is 0 Å². The van der Waals surface area contributed by atoms with Crippen LogP contribution in [-0.2, 0) is 59.0 Å².